The van der Waals surface area contributed by atoms with Gasteiger partial charge in [0.15, 0.2) is 0 Å². The van der Waals surface area contributed by atoms with Crippen LogP contribution < -0.4 is 14.4 Å². The van der Waals surface area contributed by atoms with Crippen LogP contribution in [0.25, 0.3) is 0 Å². The maximum atomic E-state index is 14.2. The van der Waals surface area contributed by atoms with Gasteiger partial charge in [0.2, 0.25) is 11.8 Å². The molecule has 0 bridgehead atoms. The zero-order valence-electron chi connectivity index (χ0n) is 24.5. The van der Waals surface area contributed by atoms with E-state index < -0.39 is 34.5 Å². The van der Waals surface area contributed by atoms with E-state index >= 15 is 0 Å². The lowest BCUT2D eigenvalue weighted by molar-refractivity contribution is -0.140. The Morgan fingerprint density at radius 1 is 0.952 bits per heavy atom. The Bertz CT molecular complexity index is 1420. The molecule has 9 nitrogen and oxygen atoms in total. The second-order valence-corrected chi connectivity index (χ2v) is 12.1. The number of methoxy groups -OCH3 is 1. The Labute approximate surface area is 248 Å². The molecule has 226 valence electrons. The first-order valence-corrected chi connectivity index (χ1v) is 15.2. The molecule has 0 aliphatic rings. The van der Waals surface area contributed by atoms with E-state index in [9.17, 15) is 22.4 Å². The largest absolute Gasteiger partial charge is 0.497 e. The van der Waals surface area contributed by atoms with Gasteiger partial charge >= 0.3 is 10.2 Å². The molecule has 0 unspecified atom stereocenters. The Balaban J connectivity index is 2.08. The number of hydrogen-bond acceptors (Lipinski definition) is 5. The lowest BCUT2D eigenvalue weighted by Gasteiger charge is -2.34. The summed E-state index contributed by atoms with van der Waals surface area (Å²) >= 11 is 0. The van der Waals surface area contributed by atoms with E-state index in [0.717, 1.165) is 39.1 Å². The summed E-state index contributed by atoms with van der Waals surface area (Å²) in [6.07, 6.45) is 1.86. The van der Waals surface area contributed by atoms with E-state index in [4.69, 9.17) is 4.74 Å². The van der Waals surface area contributed by atoms with Crippen LogP contribution in [0.1, 0.15) is 30.9 Å². The maximum absolute atomic E-state index is 14.2. The van der Waals surface area contributed by atoms with Crippen molar-refractivity contribution in [3.8, 4) is 5.75 Å². The fraction of sp³-hybridized carbons (Fsp3) is 0.355. The van der Waals surface area contributed by atoms with Crippen LogP contribution in [0.15, 0.2) is 78.9 Å². The third-order valence-corrected chi connectivity index (χ3v) is 8.54. The van der Waals surface area contributed by atoms with Gasteiger partial charge in [0.1, 0.15) is 24.2 Å². The summed E-state index contributed by atoms with van der Waals surface area (Å²) in [4.78, 5) is 29.3. The van der Waals surface area contributed by atoms with E-state index in [0.29, 0.717) is 17.9 Å². The zero-order chi connectivity index (χ0) is 30.7. The van der Waals surface area contributed by atoms with Crippen molar-refractivity contribution in [2.24, 2.45) is 0 Å². The molecule has 0 saturated carbocycles. The molecular formula is C31H39FN4O5S. The van der Waals surface area contributed by atoms with Crippen LogP contribution in [0.2, 0.25) is 0 Å². The first kappa shape index (κ1) is 32.6. The SMILES string of the molecule is CCCCNC(=O)[C@@H](Cc1ccccc1)N(Cc1cccc(OC)c1)C(=O)CN(c1ccc(F)cc1)S(=O)(=O)N(C)C. The molecule has 0 aliphatic carbocycles. The number of ether oxygens (including phenoxy) is 1. The first-order valence-electron chi connectivity index (χ1n) is 13.8. The molecule has 3 aromatic carbocycles. The normalized spacial score (nSPS) is 12.0. The molecule has 0 spiro atoms. The van der Waals surface area contributed by atoms with Crippen molar-refractivity contribution in [2.75, 3.05) is 38.6 Å². The zero-order valence-corrected chi connectivity index (χ0v) is 25.3. The Morgan fingerprint density at radius 2 is 1.62 bits per heavy atom. The van der Waals surface area contributed by atoms with E-state index in [-0.39, 0.29) is 24.6 Å². The number of amides is 2. The second kappa shape index (κ2) is 15.3. The molecule has 1 N–H and O–H groups in total. The molecule has 0 heterocycles. The summed E-state index contributed by atoms with van der Waals surface area (Å²) in [6, 6.07) is 20.4. The van der Waals surface area contributed by atoms with Crippen LogP contribution in [0, 0.1) is 5.82 Å². The van der Waals surface area contributed by atoms with E-state index in [1.54, 1.807) is 18.2 Å². The van der Waals surface area contributed by atoms with Gasteiger partial charge < -0.3 is 15.0 Å². The molecule has 0 radical (unpaired) electrons. The van der Waals surface area contributed by atoms with Gasteiger partial charge in [-0.3, -0.25) is 9.59 Å². The Kier molecular flexibility index (Phi) is 11.9. The highest BCUT2D eigenvalue weighted by Crippen LogP contribution is 2.23. The number of carbonyl (C=O) groups is 2. The van der Waals surface area contributed by atoms with Crippen molar-refractivity contribution in [2.45, 2.75) is 38.8 Å². The second-order valence-electron chi connectivity index (χ2n) is 10.00. The van der Waals surface area contributed by atoms with Gasteiger partial charge in [-0.1, -0.05) is 55.8 Å². The highest BCUT2D eigenvalue weighted by Gasteiger charge is 2.34. The van der Waals surface area contributed by atoms with Gasteiger partial charge in [0, 0.05) is 33.6 Å². The monoisotopic (exact) mass is 598 g/mol. The number of nitrogens with zero attached hydrogens (tertiary/aromatic N) is 3. The first-order chi connectivity index (χ1) is 20.1. The van der Waals surface area contributed by atoms with Crippen molar-refractivity contribution in [3.63, 3.8) is 0 Å². The molecule has 3 rings (SSSR count). The van der Waals surface area contributed by atoms with E-state index in [2.05, 4.69) is 5.32 Å². The highest BCUT2D eigenvalue weighted by atomic mass is 32.2. The minimum Gasteiger partial charge on any atom is -0.497 e. The van der Waals surface area contributed by atoms with Crippen molar-refractivity contribution >= 4 is 27.7 Å². The van der Waals surface area contributed by atoms with Crippen molar-refractivity contribution in [3.05, 3.63) is 95.8 Å². The molecule has 0 fully saturated rings. The third kappa shape index (κ3) is 8.77. The minimum atomic E-state index is -4.16. The number of halogens is 1. The fourth-order valence-corrected chi connectivity index (χ4v) is 5.41. The van der Waals surface area contributed by atoms with Gasteiger partial charge in [0.05, 0.1) is 12.8 Å². The standard InChI is InChI=1S/C31H39FN4O5S/c1-5-6-19-33-31(38)29(21-24-11-8-7-9-12-24)35(22-25-13-10-14-28(20-25)41-4)30(37)23-36(42(39,40)34(2)3)27-17-15-26(32)16-18-27/h7-18,20,29H,5-6,19,21-23H2,1-4H3,(H,33,38)/t29-/m1/s1. The van der Waals surface area contributed by atoms with Crippen molar-refractivity contribution < 1.29 is 27.1 Å². The van der Waals surface area contributed by atoms with Crippen LogP contribution in [-0.2, 0) is 32.8 Å². The average molecular weight is 599 g/mol. The lowest BCUT2D eigenvalue weighted by atomic mass is 10.0. The maximum Gasteiger partial charge on any atom is 0.304 e. The van der Waals surface area contributed by atoms with Crippen LogP contribution in [0.4, 0.5) is 10.1 Å². The van der Waals surface area contributed by atoms with Crippen LogP contribution in [-0.4, -0.2) is 69.8 Å². The summed E-state index contributed by atoms with van der Waals surface area (Å²) in [5.74, 6) is -0.903. The van der Waals surface area contributed by atoms with Gasteiger partial charge in [-0.15, -0.1) is 0 Å². The fourth-order valence-electron chi connectivity index (χ4n) is 4.35. The summed E-state index contributed by atoms with van der Waals surface area (Å²) in [7, 11) is 0.0744. The number of rotatable bonds is 15. The summed E-state index contributed by atoms with van der Waals surface area (Å²) in [5, 5.41) is 2.95. The van der Waals surface area contributed by atoms with Gasteiger partial charge in [-0.2, -0.15) is 12.7 Å². The molecule has 0 aromatic heterocycles. The lowest BCUT2D eigenvalue weighted by Crippen LogP contribution is -2.54. The molecule has 1 atom stereocenters. The van der Waals surface area contributed by atoms with Crippen LogP contribution in [0.5, 0.6) is 5.75 Å². The topological polar surface area (TPSA) is 99.3 Å². The predicted octanol–water partition coefficient (Wildman–Crippen LogP) is 4.00. The predicted molar refractivity (Wildman–Crippen MR) is 162 cm³/mol. The van der Waals surface area contributed by atoms with Crippen LogP contribution >= 0.6 is 0 Å². The Hall–Kier alpha value is -3.96. The van der Waals surface area contributed by atoms with Gasteiger partial charge in [0.25, 0.3) is 0 Å². The molecule has 3 aromatic rings. The van der Waals surface area contributed by atoms with Gasteiger partial charge in [-0.05, 0) is 53.9 Å². The van der Waals surface area contributed by atoms with E-state index in [1.165, 1.54) is 38.2 Å². The smallest absolute Gasteiger partial charge is 0.304 e. The minimum absolute atomic E-state index is 0.0218. The molecule has 0 saturated heterocycles. The molecular weight excluding hydrogens is 559 g/mol. The Morgan fingerprint density at radius 3 is 2.24 bits per heavy atom. The van der Waals surface area contributed by atoms with E-state index in [1.807, 2.05) is 43.3 Å². The quantitative estimate of drug-likeness (QED) is 0.267. The van der Waals surface area contributed by atoms with Gasteiger partial charge in [-0.25, -0.2) is 8.70 Å². The number of hydrogen-bond donors (Lipinski definition) is 1. The summed E-state index contributed by atoms with van der Waals surface area (Å²) < 4.78 is 47.7. The molecule has 42 heavy (non-hydrogen) atoms. The summed E-state index contributed by atoms with van der Waals surface area (Å²) in [5.41, 5.74) is 1.66. The summed E-state index contributed by atoms with van der Waals surface area (Å²) in [6.45, 7) is 1.87. The van der Waals surface area contributed by atoms with Crippen molar-refractivity contribution in [1.82, 2.24) is 14.5 Å². The number of benzene rings is 3. The van der Waals surface area contributed by atoms with Crippen molar-refractivity contribution in [1.29, 1.82) is 0 Å². The molecule has 11 heteroatoms. The van der Waals surface area contributed by atoms with Crippen LogP contribution in [0.3, 0.4) is 0 Å². The molecule has 2 amide bonds. The number of anilines is 1. The third-order valence-electron chi connectivity index (χ3n) is 6.72. The number of unbranched alkanes of at least 4 members (excludes halogenated alkanes) is 1. The number of carbonyl (C=O) groups excluding carboxylic acids is 2. The average Bonchev–Trinajstić information content (AvgIpc) is 2.98. The number of nitrogens with one attached hydrogen (secondary N) is 1. The highest BCUT2D eigenvalue weighted by molar-refractivity contribution is 7.90. The molecule has 0 aliphatic heterocycles.